The largest absolute Gasteiger partial charge is 0.496 e. The van der Waals surface area contributed by atoms with Crippen molar-refractivity contribution >= 4 is 0 Å². The number of hydrogen-bond acceptors (Lipinski definition) is 4. The Labute approximate surface area is 121 Å². The average Bonchev–Trinajstić information content (AvgIpc) is 2.49. The van der Waals surface area contributed by atoms with Gasteiger partial charge in [-0.3, -0.25) is 0 Å². The summed E-state index contributed by atoms with van der Waals surface area (Å²) in [5.41, 5.74) is 2.26. The van der Waals surface area contributed by atoms with Crippen LogP contribution in [0.5, 0.6) is 11.5 Å². The molecule has 0 spiro atoms. The summed E-state index contributed by atoms with van der Waals surface area (Å²) < 4.78 is 16.2. The topological polar surface area (TPSA) is 39.7 Å². The van der Waals surface area contributed by atoms with Gasteiger partial charge in [-0.1, -0.05) is 0 Å². The van der Waals surface area contributed by atoms with Gasteiger partial charge in [0.15, 0.2) is 0 Å². The smallest absolute Gasteiger partial charge is 0.128 e. The van der Waals surface area contributed by atoms with E-state index in [0.29, 0.717) is 6.61 Å². The zero-order valence-corrected chi connectivity index (χ0v) is 12.7. The van der Waals surface area contributed by atoms with E-state index in [1.54, 1.807) is 21.3 Å². The first-order valence-electron chi connectivity index (χ1n) is 7.22. The normalized spacial score (nSPS) is 16.1. The standard InChI is InChI=1S/C16H25NO3/c1-18-11-14-15(19-2)9-13(10-16(14)20-3)8-12-4-6-17-7-5-12/h9-10,12,17H,4-8,11H2,1-3H3. The van der Waals surface area contributed by atoms with Crippen LogP contribution in [0.1, 0.15) is 24.0 Å². The van der Waals surface area contributed by atoms with Crippen LogP contribution in [0.25, 0.3) is 0 Å². The molecular formula is C16H25NO3. The summed E-state index contributed by atoms with van der Waals surface area (Å²) in [5.74, 6) is 2.46. The molecule has 0 atom stereocenters. The Balaban J connectivity index is 2.20. The van der Waals surface area contributed by atoms with Gasteiger partial charge in [0.05, 0.1) is 26.4 Å². The molecule has 1 aromatic carbocycles. The summed E-state index contributed by atoms with van der Waals surface area (Å²) in [7, 11) is 5.08. The van der Waals surface area contributed by atoms with Crippen molar-refractivity contribution in [2.24, 2.45) is 5.92 Å². The second kappa shape index (κ2) is 7.50. The first kappa shape index (κ1) is 15.1. The van der Waals surface area contributed by atoms with Crippen LogP contribution < -0.4 is 14.8 Å². The molecule has 0 saturated carbocycles. The summed E-state index contributed by atoms with van der Waals surface area (Å²) in [6, 6.07) is 4.25. The second-order valence-electron chi connectivity index (χ2n) is 5.31. The van der Waals surface area contributed by atoms with Gasteiger partial charge < -0.3 is 19.5 Å². The van der Waals surface area contributed by atoms with Crippen LogP contribution in [-0.4, -0.2) is 34.4 Å². The van der Waals surface area contributed by atoms with Crippen LogP contribution in [0.2, 0.25) is 0 Å². The molecular weight excluding hydrogens is 254 g/mol. The number of methoxy groups -OCH3 is 3. The minimum Gasteiger partial charge on any atom is -0.496 e. The van der Waals surface area contributed by atoms with Crippen molar-refractivity contribution in [3.63, 3.8) is 0 Å². The van der Waals surface area contributed by atoms with Crippen molar-refractivity contribution in [2.75, 3.05) is 34.4 Å². The van der Waals surface area contributed by atoms with Crippen LogP contribution in [0.4, 0.5) is 0 Å². The molecule has 1 aromatic rings. The van der Waals surface area contributed by atoms with Crippen molar-refractivity contribution in [3.05, 3.63) is 23.3 Å². The molecule has 0 aliphatic carbocycles. The van der Waals surface area contributed by atoms with E-state index in [-0.39, 0.29) is 0 Å². The van der Waals surface area contributed by atoms with Crippen LogP contribution >= 0.6 is 0 Å². The molecule has 1 saturated heterocycles. The molecule has 4 heteroatoms. The highest BCUT2D eigenvalue weighted by molar-refractivity contribution is 5.48. The van der Waals surface area contributed by atoms with Crippen molar-refractivity contribution in [2.45, 2.75) is 25.9 Å². The zero-order valence-electron chi connectivity index (χ0n) is 12.7. The second-order valence-corrected chi connectivity index (χ2v) is 5.31. The summed E-state index contributed by atoms with van der Waals surface area (Å²) in [6.45, 7) is 2.75. The molecule has 1 aliphatic rings. The first-order valence-corrected chi connectivity index (χ1v) is 7.22. The van der Waals surface area contributed by atoms with E-state index in [4.69, 9.17) is 14.2 Å². The SMILES string of the molecule is COCc1c(OC)cc(CC2CCNCC2)cc1OC. The third kappa shape index (κ3) is 3.64. The Morgan fingerprint density at radius 1 is 1.05 bits per heavy atom. The monoisotopic (exact) mass is 279 g/mol. The highest BCUT2D eigenvalue weighted by atomic mass is 16.5. The Morgan fingerprint density at radius 2 is 1.65 bits per heavy atom. The van der Waals surface area contributed by atoms with Crippen LogP contribution in [0.3, 0.4) is 0 Å². The lowest BCUT2D eigenvalue weighted by Gasteiger charge is -2.23. The van der Waals surface area contributed by atoms with Crippen molar-refractivity contribution in [1.82, 2.24) is 5.32 Å². The van der Waals surface area contributed by atoms with E-state index in [9.17, 15) is 0 Å². The van der Waals surface area contributed by atoms with Gasteiger partial charge in [-0.15, -0.1) is 0 Å². The van der Waals surface area contributed by atoms with E-state index in [0.717, 1.165) is 42.5 Å². The van der Waals surface area contributed by atoms with Crippen LogP contribution in [0, 0.1) is 5.92 Å². The number of hydrogen-bond donors (Lipinski definition) is 1. The molecule has 0 radical (unpaired) electrons. The summed E-state index contributed by atoms with van der Waals surface area (Å²) in [4.78, 5) is 0. The molecule has 0 amide bonds. The third-order valence-corrected chi connectivity index (χ3v) is 3.94. The minimum absolute atomic E-state index is 0.500. The van der Waals surface area contributed by atoms with E-state index >= 15 is 0 Å². The van der Waals surface area contributed by atoms with Gasteiger partial charge in [0.25, 0.3) is 0 Å². The maximum absolute atomic E-state index is 5.50. The predicted octanol–water partition coefficient (Wildman–Crippen LogP) is 2.39. The number of piperidine rings is 1. The molecule has 112 valence electrons. The lowest BCUT2D eigenvalue weighted by molar-refractivity contribution is 0.178. The highest BCUT2D eigenvalue weighted by Crippen LogP contribution is 2.32. The van der Waals surface area contributed by atoms with Gasteiger partial charge in [0.2, 0.25) is 0 Å². The van der Waals surface area contributed by atoms with Crippen LogP contribution in [-0.2, 0) is 17.8 Å². The Morgan fingerprint density at radius 3 is 2.15 bits per heavy atom. The van der Waals surface area contributed by atoms with E-state index in [1.165, 1.54) is 18.4 Å². The average molecular weight is 279 g/mol. The molecule has 0 aromatic heterocycles. The fourth-order valence-electron chi connectivity index (χ4n) is 2.86. The molecule has 1 fully saturated rings. The highest BCUT2D eigenvalue weighted by Gasteiger charge is 2.17. The summed E-state index contributed by atoms with van der Waals surface area (Å²) in [6.07, 6.45) is 3.57. The van der Waals surface area contributed by atoms with E-state index in [1.807, 2.05) is 0 Å². The Kier molecular flexibility index (Phi) is 5.68. The summed E-state index contributed by atoms with van der Waals surface area (Å²) >= 11 is 0. The molecule has 2 rings (SSSR count). The van der Waals surface area contributed by atoms with Gasteiger partial charge in [0, 0.05) is 7.11 Å². The predicted molar refractivity (Wildman–Crippen MR) is 79.6 cm³/mol. The Hall–Kier alpha value is -1.26. The molecule has 4 nitrogen and oxygen atoms in total. The van der Waals surface area contributed by atoms with Crippen LogP contribution in [0.15, 0.2) is 12.1 Å². The molecule has 20 heavy (non-hydrogen) atoms. The van der Waals surface area contributed by atoms with Gasteiger partial charge in [-0.25, -0.2) is 0 Å². The zero-order chi connectivity index (χ0) is 14.4. The van der Waals surface area contributed by atoms with E-state index < -0.39 is 0 Å². The molecule has 1 heterocycles. The Bertz CT molecular complexity index is 403. The quantitative estimate of drug-likeness (QED) is 0.868. The molecule has 1 N–H and O–H groups in total. The maximum atomic E-state index is 5.50. The number of nitrogens with one attached hydrogen (secondary N) is 1. The van der Waals surface area contributed by atoms with Crippen molar-refractivity contribution in [3.8, 4) is 11.5 Å². The van der Waals surface area contributed by atoms with Gasteiger partial charge >= 0.3 is 0 Å². The fourth-order valence-corrected chi connectivity index (χ4v) is 2.86. The molecule has 0 unspecified atom stereocenters. The van der Waals surface area contributed by atoms with Crippen molar-refractivity contribution < 1.29 is 14.2 Å². The number of ether oxygens (including phenoxy) is 3. The van der Waals surface area contributed by atoms with Gasteiger partial charge in [-0.2, -0.15) is 0 Å². The number of rotatable bonds is 6. The lowest BCUT2D eigenvalue weighted by atomic mass is 9.90. The first-order chi connectivity index (χ1) is 9.78. The molecule has 1 aliphatic heterocycles. The summed E-state index contributed by atoms with van der Waals surface area (Å²) in [5, 5.41) is 3.41. The lowest BCUT2D eigenvalue weighted by Crippen LogP contribution is -2.28. The van der Waals surface area contributed by atoms with Crippen molar-refractivity contribution in [1.29, 1.82) is 0 Å². The molecule has 0 bridgehead atoms. The van der Waals surface area contributed by atoms with Gasteiger partial charge in [0.1, 0.15) is 11.5 Å². The third-order valence-electron chi connectivity index (χ3n) is 3.94. The van der Waals surface area contributed by atoms with E-state index in [2.05, 4.69) is 17.4 Å². The van der Waals surface area contributed by atoms with Gasteiger partial charge in [-0.05, 0) is 56.0 Å². The minimum atomic E-state index is 0.500. The maximum Gasteiger partial charge on any atom is 0.128 e. The fraction of sp³-hybridized carbons (Fsp3) is 0.625. The number of benzene rings is 1.